The van der Waals surface area contributed by atoms with E-state index in [0.29, 0.717) is 21.3 Å². The molecule has 3 rings (SSSR count). The Bertz CT molecular complexity index is 933. The molecule has 5 nitrogen and oxygen atoms in total. The average Bonchev–Trinajstić information content (AvgIpc) is 2.97. The van der Waals surface area contributed by atoms with Crippen molar-refractivity contribution in [3.8, 4) is 10.6 Å². The summed E-state index contributed by atoms with van der Waals surface area (Å²) in [6, 6.07) is 10.0. The smallest absolute Gasteiger partial charge is 0.255 e. The lowest BCUT2D eigenvalue weighted by Crippen LogP contribution is -2.20. The maximum absolute atomic E-state index is 12.4. The Morgan fingerprint density at radius 1 is 1.30 bits per heavy atom. The quantitative estimate of drug-likeness (QED) is 0.791. The number of pyridine rings is 2. The molecule has 1 N–H and O–H groups in total. The van der Waals surface area contributed by atoms with E-state index in [-0.39, 0.29) is 11.5 Å². The van der Waals surface area contributed by atoms with Gasteiger partial charge in [-0.05, 0) is 30.3 Å². The number of hydrogen-bond donors (Lipinski definition) is 1. The van der Waals surface area contributed by atoms with Crippen molar-refractivity contribution in [2.45, 2.75) is 0 Å². The SMILES string of the molecule is Cn1ccc(C(=O)Nc2cccnc2-c2ccc(Cl)s2)cc1=O. The molecule has 0 spiro atoms. The molecule has 3 aromatic rings. The molecule has 0 aliphatic carbocycles. The Hall–Kier alpha value is -2.44. The van der Waals surface area contributed by atoms with Gasteiger partial charge in [0.2, 0.25) is 0 Å². The summed E-state index contributed by atoms with van der Waals surface area (Å²) in [7, 11) is 1.63. The van der Waals surface area contributed by atoms with E-state index in [1.165, 1.54) is 22.0 Å². The van der Waals surface area contributed by atoms with E-state index < -0.39 is 0 Å². The summed E-state index contributed by atoms with van der Waals surface area (Å²) in [6.07, 6.45) is 3.21. The second-order valence-corrected chi connectivity index (χ2v) is 6.54. The number of nitrogens with one attached hydrogen (secondary N) is 1. The topological polar surface area (TPSA) is 64.0 Å². The van der Waals surface area contributed by atoms with E-state index in [1.807, 2.05) is 6.07 Å². The first kappa shape index (κ1) is 15.5. The van der Waals surface area contributed by atoms with Crippen molar-refractivity contribution in [2.75, 3.05) is 5.32 Å². The number of rotatable bonds is 3. The van der Waals surface area contributed by atoms with Gasteiger partial charge in [0.05, 0.1) is 14.9 Å². The molecule has 23 heavy (non-hydrogen) atoms. The predicted octanol–water partition coefficient (Wildman–Crippen LogP) is 3.41. The van der Waals surface area contributed by atoms with Gasteiger partial charge in [0, 0.05) is 31.1 Å². The molecule has 0 aliphatic heterocycles. The van der Waals surface area contributed by atoms with Crippen LogP contribution < -0.4 is 10.9 Å². The monoisotopic (exact) mass is 345 g/mol. The van der Waals surface area contributed by atoms with Crippen molar-refractivity contribution < 1.29 is 4.79 Å². The summed E-state index contributed by atoms with van der Waals surface area (Å²) >= 11 is 7.34. The van der Waals surface area contributed by atoms with Crippen molar-refractivity contribution in [1.82, 2.24) is 9.55 Å². The molecule has 0 bridgehead atoms. The normalized spacial score (nSPS) is 10.5. The van der Waals surface area contributed by atoms with Crippen LogP contribution in [-0.4, -0.2) is 15.5 Å². The number of thiophene rings is 1. The van der Waals surface area contributed by atoms with Crippen LogP contribution in [0.3, 0.4) is 0 Å². The first-order chi connectivity index (χ1) is 11.0. The van der Waals surface area contributed by atoms with E-state index in [4.69, 9.17) is 11.6 Å². The first-order valence-corrected chi connectivity index (χ1v) is 7.93. The lowest BCUT2D eigenvalue weighted by molar-refractivity contribution is 0.102. The van der Waals surface area contributed by atoms with Crippen LogP contribution in [0.1, 0.15) is 10.4 Å². The molecule has 3 heterocycles. The van der Waals surface area contributed by atoms with Crippen LogP contribution in [0.2, 0.25) is 4.34 Å². The Balaban J connectivity index is 1.92. The number of aryl methyl sites for hydroxylation is 1. The van der Waals surface area contributed by atoms with Gasteiger partial charge in [-0.3, -0.25) is 14.6 Å². The second-order valence-electron chi connectivity index (χ2n) is 4.82. The molecular formula is C16H12ClN3O2S. The van der Waals surface area contributed by atoms with E-state index in [0.717, 1.165) is 4.88 Å². The molecule has 7 heteroatoms. The molecule has 116 valence electrons. The fourth-order valence-electron chi connectivity index (χ4n) is 2.03. The molecular weight excluding hydrogens is 334 g/mol. The van der Waals surface area contributed by atoms with E-state index in [2.05, 4.69) is 10.3 Å². The van der Waals surface area contributed by atoms with Crippen LogP contribution in [0.4, 0.5) is 5.69 Å². The summed E-state index contributed by atoms with van der Waals surface area (Å²) in [5.41, 5.74) is 1.26. The summed E-state index contributed by atoms with van der Waals surface area (Å²) in [5, 5.41) is 2.80. The fraction of sp³-hybridized carbons (Fsp3) is 0.0625. The third-order valence-corrected chi connectivity index (χ3v) is 4.47. The number of hydrogen-bond acceptors (Lipinski definition) is 4. The van der Waals surface area contributed by atoms with Crippen LogP contribution >= 0.6 is 22.9 Å². The molecule has 0 saturated carbocycles. The number of halogens is 1. The van der Waals surface area contributed by atoms with Gasteiger partial charge < -0.3 is 9.88 Å². The highest BCUT2D eigenvalue weighted by Crippen LogP contribution is 2.33. The maximum Gasteiger partial charge on any atom is 0.255 e. The molecule has 3 aromatic heterocycles. The van der Waals surface area contributed by atoms with Crippen molar-refractivity contribution in [3.05, 3.63) is 69.0 Å². The van der Waals surface area contributed by atoms with Crippen molar-refractivity contribution in [1.29, 1.82) is 0 Å². The zero-order valence-corrected chi connectivity index (χ0v) is 13.7. The van der Waals surface area contributed by atoms with Crippen molar-refractivity contribution in [3.63, 3.8) is 0 Å². The number of anilines is 1. The van der Waals surface area contributed by atoms with Gasteiger partial charge in [0.15, 0.2) is 0 Å². The van der Waals surface area contributed by atoms with Crippen LogP contribution in [0.25, 0.3) is 10.6 Å². The zero-order valence-electron chi connectivity index (χ0n) is 12.1. The number of carbonyl (C=O) groups excluding carboxylic acids is 1. The van der Waals surface area contributed by atoms with Gasteiger partial charge in [-0.2, -0.15) is 0 Å². The van der Waals surface area contributed by atoms with Gasteiger partial charge in [-0.15, -0.1) is 11.3 Å². The highest BCUT2D eigenvalue weighted by molar-refractivity contribution is 7.19. The molecule has 0 aromatic carbocycles. The Morgan fingerprint density at radius 3 is 2.83 bits per heavy atom. The van der Waals surface area contributed by atoms with Crippen LogP contribution in [0, 0.1) is 0 Å². The lowest BCUT2D eigenvalue weighted by atomic mass is 10.2. The zero-order chi connectivity index (χ0) is 16.4. The highest BCUT2D eigenvalue weighted by Gasteiger charge is 2.13. The largest absolute Gasteiger partial charge is 0.320 e. The van der Waals surface area contributed by atoms with Crippen molar-refractivity contribution in [2.24, 2.45) is 7.05 Å². The molecule has 1 amide bonds. The lowest BCUT2D eigenvalue weighted by Gasteiger charge is -2.09. The maximum atomic E-state index is 12.4. The van der Waals surface area contributed by atoms with Gasteiger partial charge in [-0.1, -0.05) is 11.6 Å². The first-order valence-electron chi connectivity index (χ1n) is 6.73. The number of nitrogens with zero attached hydrogens (tertiary/aromatic N) is 2. The number of amides is 1. The fourth-order valence-corrected chi connectivity index (χ4v) is 3.08. The van der Waals surface area contributed by atoms with E-state index in [1.54, 1.807) is 43.7 Å². The minimum absolute atomic E-state index is 0.242. The van der Waals surface area contributed by atoms with Gasteiger partial charge >= 0.3 is 0 Å². The van der Waals surface area contributed by atoms with Crippen LogP contribution in [0.5, 0.6) is 0 Å². The summed E-state index contributed by atoms with van der Waals surface area (Å²) in [5.74, 6) is -0.361. The standard InChI is InChI=1S/C16H12ClN3O2S/c1-20-8-6-10(9-14(20)21)16(22)19-11-3-2-7-18-15(11)12-4-5-13(17)23-12/h2-9H,1H3,(H,19,22). The molecule has 0 radical (unpaired) electrons. The molecule has 0 unspecified atom stereocenters. The summed E-state index contributed by atoms with van der Waals surface area (Å²) < 4.78 is 2.05. The third kappa shape index (κ3) is 3.33. The predicted molar refractivity (Wildman–Crippen MR) is 92.2 cm³/mol. The third-order valence-electron chi connectivity index (χ3n) is 3.23. The molecule has 0 saturated heterocycles. The Labute approximate surface area is 141 Å². The van der Waals surface area contributed by atoms with Gasteiger partial charge in [-0.25, -0.2) is 0 Å². The minimum atomic E-state index is -0.361. The molecule has 0 fully saturated rings. The van der Waals surface area contributed by atoms with Crippen molar-refractivity contribution >= 4 is 34.5 Å². The van der Waals surface area contributed by atoms with Gasteiger partial charge in [0.25, 0.3) is 11.5 Å². The summed E-state index contributed by atoms with van der Waals surface area (Å²) in [4.78, 5) is 29.2. The molecule has 0 aliphatic rings. The number of aromatic nitrogens is 2. The average molecular weight is 346 g/mol. The Morgan fingerprint density at radius 2 is 2.13 bits per heavy atom. The van der Waals surface area contributed by atoms with Crippen LogP contribution in [-0.2, 0) is 7.05 Å². The highest BCUT2D eigenvalue weighted by atomic mass is 35.5. The number of carbonyl (C=O) groups is 1. The van der Waals surface area contributed by atoms with Crippen LogP contribution in [0.15, 0.2) is 53.6 Å². The van der Waals surface area contributed by atoms with E-state index >= 15 is 0 Å². The second kappa shape index (κ2) is 6.36. The molecule has 0 atom stereocenters. The summed E-state index contributed by atoms with van der Waals surface area (Å²) in [6.45, 7) is 0. The minimum Gasteiger partial charge on any atom is -0.320 e. The van der Waals surface area contributed by atoms with Gasteiger partial charge in [0.1, 0.15) is 5.69 Å². The van der Waals surface area contributed by atoms with E-state index in [9.17, 15) is 9.59 Å². The Kier molecular flexibility index (Phi) is 4.27.